The standard InChI is InChI=1S/C21H27N5O4S.HI/c1-31(29,30)18-10-11-19(20(16-18)26(27)28)22-12-13-23-21(25-14-6-3-7-15-25)24-17-8-4-2-5-9-17;/h2,4-5,8-11,16,22H,3,6-7,12-15H2,1H3,(H,23,24);1H. The van der Waals surface area contributed by atoms with Gasteiger partial charge in [-0.25, -0.2) is 8.42 Å². The number of nitro groups is 1. The molecule has 0 atom stereocenters. The molecular formula is C21H28IN5O4S. The van der Waals surface area contributed by atoms with Crippen LogP contribution in [0.25, 0.3) is 0 Å². The van der Waals surface area contributed by atoms with Crippen LogP contribution in [0.5, 0.6) is 0 Å². The molecule has 11 heteroatoms. The first-order valence-electron chi connectivity index (χ1n) is 10.2. The van der Waals surface area contributed by atoms with Gasteiger partial charge in [-0.3, -0.25) is 15.1 Å². The fraction of sp³-hybridized carbons (Fsp3) is 0.381. The maximum absolute atomic E-state index is 11.7. The van der Waals surface area contributed by atoms with E-state index >= 15 is 0 Å². The van der Waals surface area contributed by atoms with Crippen molar-refractivity contribution in [2.24, 2.45) is 4.99 Å². The van der Waals surface area contributed by atoms with Crippen molar-refractivity contribution < 1.29 is 13.3 Å². The number of para-hydroxylation sites is 1. The first-order valence-corrected chi connectivity index (χ1v) is 12.1. The second-order valence-electron chi connectivity index (χ2n) is 7.38. The number of benzene rings is 2. The van der Waals surface area contributed by atoms with Gasteiger partial charge in [0.15, 0.2) is 15.8 Å². The van der Waals surface area contributed by atoms with Crippen LogP contribution in [-0.4, -0.2) is 56.6 Å². The number of likely N-dealkylation sites (tertiary alicyclic amines) is 1. The van der Waals surface area contributed by atoms with Gasteiger partial charge in [0.2, 0.25) is 0 Å². The van der Waals surface area contributed by atoms with E-state index in [2.05, 4.69) is 15.5 Å². The van der Waals surface area contributed by atoms with Crippen LogP contribution in [-0.2, 0) is 9.84 Å². The Morgan fingerprint density at radius 2 is 1.81 bits per heavy atom. The maximum atomic E-state index is 11.7. The Morgan fingerprint density at radius 1 is 1.12 bits per heavy atom. The van der Waals surface area contributed by atoms with Gasteiger partial charge >= 0.3 is 0 Å². The first kappa shape index (κ1) is 25.8. The summed E-state index contributed by atoms with van der Waals surface area (Å²) in [5.41, 5.74) is 0.945. The van der Waals surface area contributed by atoms with E-state index < -0.39 is 14.8 Å². The van der Waals surface area contributed by atoms with Crippen molar-refractivity contribution in [2.45, 2.75) is 24.2 Å². The highest BCUT2D eigenvalue weighted by atomic mass is 127. The van der Waals surface area contributed by atoms with Gasteiger partial charge in [0, 0.05) is 37.6 Å². The minimum absolute atomic E-state index is 0. The molecule has 0 saturated carbocycles. The third-order valence-electron chi connectivity index (χ3n) is 4.97. The number of guanidine groups is 1. The Kier molecular flexibility index (Phi) is 9.69. The summed E-state index contributed by atoms with van der Waals surface area (Å²) in [5, 5.41) is 17.8. The van der Waals surface area contributed by atoms with Gasteiger partial charge in [-0.1, -0.05) is 18.2 Å². The molecule has 3 rings (SSSR count). The van der Waals surface area contributed by atoms with Crippen molar-refractivity contribution in [1.82, 2.24) is 4.90 Å². The minimum atomic E-state index is -3.52. The Bertz CT molecular complexity index is 1040. The molecule has 0 bridgehead atoms. The van der Waals surface area contributed by atoms with Crippen LogP contribution in [0.3, 0.4) is 0 Å². The summed E-state index contributed by atoms with van der Waals surface area (Å²) < 4.78 is 23.4. The van der Waals surface area contributed by atoms with Crippen LogP contribution in [0, 0.1) is 10.1 Å². The number of sulfone groups is 1. The number of hydrogen-bond acceptors (Lipinski definition) is 6. The molecule has 174 valence electrons. The van der Waals surface area contributed by atoms with E-state index in [9.17, 15) is 18.5 Å². The number of halogens is 1. The number of nitrogens with zero attached hydrogens (tertiary/aromatic N) is 3. The number of nitro benzene ring substituents is 1. The normalized spacial score (nSPS) is 14.4. The lowest BCUT2D eigenvalue weighted by Gasteiger charge is -2.30. The first-order chi connectivity index (χ1) is 14.8. The summed E-state index contributed by atoms with van der Waals surface area (Å²) in [6, 6.07) is 13.7. The molecule has 0 aromatic heterocycles. The number of rotatable bonds is 7. The molecule has 2 N–H and O–H groups in total. The molecule has 2 aromatic rings. The predicted octanol–water partition coefficient (Wildman–Crippen LogP) is 3.98. The van der Waals surface area contributed by atoms with Crippen molar-refractivity contribution in [3.05, 3.63) is 58.6 Å². The van der Waals surface area contributed by atoms with Crippen LogP contribution >= 0.6 is 24.0 Å². The Balaban J connectivity index is 0.00000363. The number of hydrogen-bond donors (Lipinski definition) is 2. The third kappa shape index (κ3) is 7.33. The van der Waals surface area contributed by atoms with Crippen LogP contribution in [0.15, 0.2) is 58.4 Å². The fourth-order valence-corrected chi connectivity index (χ4v) is 4.01. The van der Waals surface area contributed by atoms with E-state index in [0.717, 1.165) is 49.9 Å². The molecule has 0 radical (unpaired) electrons. The van der Waals surface area contributed by atoms with Gasteiger partial charge in [0.05, 0.1) is 16.4 Å². The van der Waals surface area contributed by atoms with Crippen molar-refractivity contribution in [3.8, 4) is 0 Å². The zero-order chi connectivity index (χ0) is 22.3. The molecular weight excluding hydrogens is 545 g/mol. The summed E-state index contributed by atoms with van der Waals surface area (Å²) in [7, 11) is -3.52. The third-order valence-corrected chi connectivity index (χ3v) is 6.08. The number of piperidine rings is 1. The summed E-state index contributed by atoms with van der Waals surface area (Å²) in [6.07, 6.45) is 4.47. The second-order valence-corrected chi connectivity index (χ2v) is 9.39. The van der Waals surface area contributed by atoms with Crippen molar-refractivity contribution >= 4 is 56.8 Å². The zero-order valence-corrected chi connectivity index (χ0v) is 21.0. The van der Waals surface area contributed by atoms with E-state index in [1.807, 2.05) is 30.3 Å². The van der Waals surface area contributed by atoms with E-state index in [4.69, 9.17) is 4.99 Å². The molecule has 0 aliphatic carbocycles. The molecule has 1 fully saturated rings. The SMILES string of the molecule is CS(=O)(=O)c1ccc(NCCN=C(Nc2ccccc2)N2CCCCC2)c([N+](=O)[O-])c1.I. The van der Waals surface area contributed by atoms with Crippen LogP contribution in [0.1, 0.15) is 19.3 Å². The van der Waals surface area contributed by atoms with E-state index in [0.29, 0.717) is 13.1 Å². The molecule has 1 aliphatic heterocycles. The molecule has 9 nitrogen and oxygen atoms in total. The largest absolute Gasteiger partial charge is 0.378 e. The van der Waals surface area contributed by atoms with Gasteiger partial charge in [-0.15, -0.1) is 24.0 Å². The molecule has 1 heterocycles. The van der Waals surface area contributed by atoms with Crippen molar-refractivity contribution in [2.75, 3.05) is 43.1 Å². The van der Waals surface area contributed by atoms with E-state index in [-0.39, 0.29) is 40.2 Å². The van der Waals surface area contributed by atoms with Crippen molar-refractivity contribution in [1.29, 1.82) is 0 Å². The van der Waals surface area contributed by atoms with Gasteiger partial charge in [-0.05, 0) is 43.5 Å². The average molecular weight is 573 g/mol. The van der Waals surface area contributed by atoms with Crippen LogP contribution in [0.2, 0.25) is 0 Å². The molecule has 2 aromatic carbocycles. The number of aliphatic imine (C=N–C) groups is 1. The summed E-state index contributed by atoms with van der Waals surface area (Å²) in [6.45, 7) is 2.64. The zero-order valence-electron chi connectivity index (χ0n) is 17.9. The van der Waals surface area contributed by atoms with Crippen LogP contribution < -0.4 is 10.6 Å². The second kappa shape index (κ2) is 12.0. The molecule has 0 amide bonds. The highest BCUT2D eigenvalue weighted by molar-refractivity contribution is 14.0. The fourth-order valence-electron chi connectivity index (χ4n) is 3.37. The monoisotopic (exact) mass is 573 g/mol. The Labute approximate surface area is 205 Å². The number of anilines is 2. The predicted molar refractivity (Wildman–Crippen MR) is 138 cm³/mol. The lowest BCUT2D eigenvalue weighted by molar-refractivity contribution is -0.384. The summed E-state index contributed by atoms with van der Waals surface area (Å²) in [4.78, 5) is 17.6. The topological polar surface area (TPSA) is 117 Å². The minimum Gasteiger partial charge on any atom is -0.378 e. The smallest absolute Gasteiger partial charge is 0.293 e. The molecule has 1 saturated heterocycles. The number of nitrogens with one attached hydrogen (secondary N) is 2. The molecule has 32 heavy (non-hydrogen) atoms. The van der Waals surface area contributed by atoms with Gasteiger partial charge < -0.3 is 15.5 Å². The molecule has 1 aliphatic rings. The maximum Gasteiger partial charge on any atom is 0.293 e. The quantitative estimate of drug-likeness (QED) is 0.129. The summed E-state index contributed by atoms with van der Waals surface area (Å²) >= 11 is 0. The van der Waals surface area contributed by atoms with Gasteiger partial charge in [0.1, 0.15) is 5.69 Å². The van der Waals surface area contributed by atoms with Crippen molar-refractivity contribution in [3.63, 3.8) is 0 Å². The van der Waals surface area contributed by atoms with E-state index in [1.165, 1.54) is 18.6 Å². The van der Waals surface area contributed by atoms with Gasteiger partial charge in [-0.2, -0.15) is 0 Å². The highest BCUT2D eigenvalue weighted by Gasteiger charge is 2.19. The lowest BCUT2D eigenvalue weighted by atomic mass is 10.1. The average Bonchev–Trinajstić information content (AvgIpc) is 2.76. The lowest BCUT2D eigenvalue weighted by Crippen LogP contribution is -2.40. The Hall–Kier alpha value is -2.41. The van der Waals surface area contributed by atoms with Gasteiger partial charge in [0.25, 0.3) is 5.69 Å². The molecule has 0 spiro atoms. The van der Waals surface area contributed by atoms with E-state index in [1.54, 1.807) is 0 Å². The Morgan fingerprint density at radius 3 is 2.44 bits per heavy atom. The summed E-state index contributed by atoms with van der Waals surface area (Å²) in [5.74, 6) is 0.787. The highest BCUT2D eigenvalue weighted by Crippen LogP contribution is 2.27. The molecule has 0 unspecified atom stereocenters. The van der Waals surface area contributed by atoms with Crippen LogP contribution in [0.4, 0.5) is 17.1 Å².